The Balaban J connectivity index is 2.32. The van der Waals surface area contributed by atoms with Crippen LogP contribution in [-0.4, -0.2) is 20.5 Å². The molecule has 20 heavy (non-hydrogen) atoms. The third-order valence-electron chi connectivity index (χ3n) is 3.27. The zero-order chi connectivity index (χ0) is 14.9. The average Bonchev–Trinajstić information content (AvgIpc) is 3.11. The molecule has 6 heteroatoms. The van der Waals surface area contributed by atoms with Crippen LogP contribution < -0.4 is 10.0 Å². The van der Waals surface area contributed by atoms with Gasteiger partial charge in [-0.05, 0) is 56.9 Å². The lowest BCUT2D eigenvalue weighted by Gasteiger charge is -2.15. The Kier molecular flexibility index (Phi) is 4.74. The molecule has 2 N–H and O–H groups in total. The van der Waals surface area contributed by atoms with E-state index in [1.165, 1.54) is 18.9 Å². The Bertz CT molecular complexity index is 595. The summed E-state index contributed by atoms with van der Waals surface area (Å²) < 4.78 is 27.3. The maximum absolute atomic E-state index is 12.3. The molecule has 0 unspecified atom stereocenters. The van der Waals surface area contributed by atoms with Gasteiger partial charge in [0, 0.05) is 23.7 Å². The van der Waals surface area contributed by atoms with Crippen molar-refractivity contribution in [2.45, 2.75) is 57.1 Å². The lowest BCUT2D eigenvalue weighted by atomic mass is 10.1. The van der Waals surface area contributed by atoms with E-state index < -0.39 is 10.0 Å². The highest BCUT2D eigenvalue weighted by Crippen LogP contribution is 2.26. The van der Waals surface area contributed by atoms with Gasteiger partial charge in [-0.1, -0.05) is 11.6 Å². The summed E-state index contributed by atoms with van der Waals surface area (Å²) in [5.41, 5.74) is 1.70. The molecule has 0 amide bonds. The van der Waals surface area contributed by atoms with Gasteiger partial charge in [0.1, 0.15) is 0 Å². The molecule has 1 aromatic rings. The van der Waals surface area contributed by atoms with Crippen LogP contribution in [0.3, 0.4) is 0 Å². The van der Waals surface area contributed by atoms with Gasteiger partial charge < -0.3 is 5.32 Å². The van der Waals surface area contributed by atoms with Gasteiger partial charge >= 0.3 is 0 Å². The summed E-state index contributed by atoms with van der Waals surface area (Å²) in [7, 11) is -3.52. The summed E-state index contributed by atoms with van der Waals surface area (Å²) in [5, 5.41) is 3.84. The number of hydrogen-bond acceptors (Lipinski definition) is 3. The fourth-order valence-electron chi connectivity index (χ4n) is 2.09. The molecule has 0 heterocycles. The zero-order valence-electron chi connectivity index (χ0n) is 12.0. The van der Waals surface area contributed by atoms with Crippen molar-refractivity contribution in [1.82, 2.24) is 10.0 Å². The number of nitrogens with one attached hydrogen (secondary N) is 2. The average molecular weight is 317 g/mol. The number of benzene rings is 1. The van der Waals surface area contributed by atoms with Crippen molar-refractivity contribution in [1.29, 1.82) is 0 Å². The monoisotopic (exact) mass is 316 g/mol. The highest BCUT2D eigenvalue weighted by Gasteiger charge is 2.23. The van der Waals surface area contributed by atoms with Crippen molar-refractivity contribution in [3.8, 4) is 0 Å². The fourth-order valence-corrected chi connectivity index (χ4v) is 3.96. The quantitative estimate of drug-likeness (QED) is 0.848. The smallest absolute Gasteiger partial charge is 0.241 e. The largest absolute Gasteiger partial charge is 0.310 e. The molecule has 112 valence electrons. The number of sulfonamides is 1. The topological polar surface area (TPSA) is 58.2 Å². The van der Waals surface area contributed by atoms with Gasteiger partial charge in [0.15, 0.2) is 0 Å². The molecule has 0 saturated heterocycles. The van der Waals surface area contributed by atoms with Crippen molar-refractivity contribution in [2.75, 3.05) is 0 Å². The second kappa shape index (κ2) is 6.02. The molecular weight excluding hydrogens is 296 g/mol. The highest BCUT2D eigenvalue weighted by atomic mass is 35.5. The van der Waals surface area contributed by atoms with Crippen LogP contribution in [0, 0.1) is 6.92 Å². The van der Waals surface area contributed by atoms with E-state index in [1.54, 1.807) is 13.8 Å². The Labute approximate surface area is 126 Å². The lowest BCUT2D eigenvalue weighted by Crippen LogP contribution is -2.31. The molecule has 0 atom stereocenters. The summed E-state index contributed by atoms with van der Waals surface area (Å²) in [5.74, 6) is 0. The van der Waals surface area contributed by atoms with Crippen molar-refractivity contribution < 1.29 is 8.42 Å². The standard InChI is InChI=1S/C14H21ClN2O2S/c1-9(2)17-20(18,19)14-7-12(15)6-11(10(14)3)8-16-13-4-5-13/h6-7,9,13,16-17H,4-5,8H2,1-3H3. The summed E-state index contributed by atoms with van der Waals surface area (Å²) >= 11 is 6.08. The first kappa shape index (κ1) is 15.8. The normalized spacial score (nSPS) is 15.8. The minimum atomic E-state index is -3.52. The van der Waals surface area contributed by atoms with Crippen molar-refractivity contribution in [3.63, 3.8) is 0 Å². The van der Waals surface area contributed by atoms with Crippen molar-refractivity contribution >= 4 is 21.6 Å². The van der Waals surface area contributed by atoms with E-state index in [2.05, 4.69) is 10.0 Å². The minimum absolute atomic E-state index is 0.147. The van der Waals surface area contributed by atoms with Gasteiger partial charge in [-0.3, -0.25) is 0 Å². The van der Waals surface area contributed by atoms with Crippen molar-refractivity contribution in [3.05, 3.63) is 28.3 Å². The second-order valence-electron chi connectivity index (χ2n) is 5.62. The second-order valence-corrected chi connectivity index (χ2v) is 7.74. The predicted octanol–water partition coefficient (Wildman–Crippen LogP) is 2.59. The molecule has 0 bridgehead atoms. The SMILES string of the molecule is Cc1c(CNC2CC2)cc(Cl)cc1S(=O)(=O)NC(C)C. The van der Waals surface area contributed by atoms with E-state index in [4.69, 9.17) is 11.6 Å². The van der Waals surface area contributed by atoms with E-state index in [0.717, 1.165) is 11.1 Å². The van der Waals surface area contributed by atoms with Gasteiger partial charge in [0.2, 0.25) is 10.0 Å². The highest BCUT2D eigenvalue weighted by molar-refractivity contribution is 7.89. The Morgan fingerprint density at radius 2 is 2.00 bits per heavy atom. The molecule has 1 saturated carbocycles. The van der Waals surface area contributed by atoms with Crippen LogP contribution >= 0.6 is 11.6 Å². The summed E-state index contributed by atoms with van der Waals surface area (Å²) in [4.78, 5) is 0.270. The fraction of sp³-hybridized carbons (Fsp3) is 0.571. The molecule has 0 radical (unpaired) electrons. The maximum Gasteiger partial charge on any atom is 0.241 e. The molecule has 1 aromatic carbocycles. The molecule has 1 aliphatic rings. The first-order chi connectivity index (χ1) is 9.29. The van der Waals surface area contributed by atoms with Crippen LogP contribution in [0.4, 0.5) is 0 Å². The molecule has 4 nitrogen and oxygen atoms in total. The summed E-state index contributed by atoms with van der Waals surface area (Å²) in [6.07, 6.45) is 2.39. The summed E-state index contributed by atoms with van der Waals surface area (Å²) in [6, 6.07) is 3.77. The number of hydrogen-bond donors (Lipinski definition) is 2. The third kappa shape index (κ3) is 3.95. The minimum Gasteiger partial charge on any atom is -0.310 e. The molecule has 0 aliphatic heterocycles. The van der Waals surface area contributed by atoms with Crippen LogP contribution in [-0.2, 0) is 16.6 Å². The lowest BCUT2D eigenvalue weighted by molar-refractivity contribution is 0.569. The predicted molar refractivity (Wildman–Crippen MR) is 81.5 cm³/mol. The zero-order valence-corrected chi connectivity index (χ0v) is 13.6. The van der Waals surface area contributed by atoms with Crippen LogP contribution in [0.5, 0.6) is 0 Å². The van der Waals surface area contributed by atoms with E-state index in [0.29, 0.717) is 17.6 Å². The van der Waals surface area contributed by atoms with Crippen LogP contribution in [0.25, 0.3) is 0 Å². The number of rotatable bonds is 6. The molecule has 1 fully saturated rings. The maximum atomic E-state index is 12.3. The third-order valence-corrected chi connectivity index (χ3v) is 5.27. The van der Waals surface area contributed by atoms with Crippen molar-refractivity contribution in [2.24, 2.45) is 0 Å². The van der Waals surface area contributed by atoms with E-state index in [1.807, 2.05) is 13.0 Å². The van der Waals surface area contributed by atoms with Gasteiger partial charge in [-0.25, -0.2) is 13.1 Å². The van der Waals surface area contributed by atoms with Gasteiger partial charge in [-0.15, -0.1) is 0 Å². The van der Waals surface area contributed by atoms with Crippen LogP contribution in [0.1, 0.15) is 37.8 Å². The number of halogens is 1. The van der Waals surface area contributed by atoms with E-state index in [9.17, 15) is 8.42 Å². The first-order valence-electron chi connectivity index (χ1n) is 6.84. The van der Waals surface area contributed by atoms with Gasteiger partial charge in [0.05, 0.1) is 4.90 Å². The molecule has 0 spiro atoms. The molecule has 1 aliphatic carbocycles. The van der Waals surface area contributed by atoms with Crippen LogP contribution in [0.2, 0.25) is 5.02 Å². The van der Waals surface area contributed by atoms with Crippen LogP contribution in [0.15, 0.2) is 17.0 Å². The van der Waals surface area contributed by atoms with Gasteiger partial charge in [0.25, 0.3) is 0 Å². The Morgan fingerprint density at radius 1 is 1.35 bits per heavy atom. The van der Waals surface area contributed by atoms with Gasteiger partial charge in [-0.2, -0.15) is 0 Å². The summed E-state index contributed by atoms with van der Waals surface area (Å²) in [6.45, 7) is 6.08. The van der Waals surface area contributed by atoms with E-state index >= 15 is 0 Å². The molecular formula is C14H21ClN2O2S. The Morgan fingerprint density at radius 3 is 2.55 bits per heavy atom. The first-order valence-corrected chi connectivity index (χ1v) is 8.70. The Hall–Kier alpha value is -0.620. The molecule has 2 rings (SSSR count). The van der Waals surface area contributed by atoms with E-state index in [-0.39, 0.29) is 10.9 Å². The molecule has 0 aromatic heterocycles.